The topological polar surface area (TPSA) is 61.4 Å². The van der Waals surface area contributed by atoms with Crippen LogP contribution in [0.2, 0.25) is 5.02 Å². The van der Waals surface area contributed by atoms with E-state index < -0.39 is 0 Å². The van der Waals surface area contributed by atoms with E-state index in [1.807, 2.05) is 31.2 Å². The van der Waals surface area contributed by atoms with Crippen LogP contribution >= 0.6 is 23.4 Å². The summed E-state index contributed by atoms with van der Waals surface area (Å²) < 4.78 is 13.1. The lowest BCUT2D eigenvalue weighted by atomic mass is 10.2. The Kier molecular flexibility index (Phi) is 7.12. The molecule has 0 unspecified atom stereocenters. The number of nitrogens with one attached hydrogen (secondary N) is 1. The Bertz CT molecular complexity index is 1070. The number of hydrogen-bond donors (Lipinski definition) is 1. The molecule has 1 aromatic heterocycles. The van der Waals surface area contributed by atoms with E-state index in [2.05, 4.69) is 25.3 Å². The average Bonchev–Trinajstić information content (AvgIpc) is 2.81. The van der Waals surface area contributed by atoms with Gasteiger partial charge in [-0.25, -0.2) is 4.39 Å². The van der Waals surface area contributed by atoms with Crippen molar-refractivity contribution in [3.8, 4) is 0 Å². The van der Waals surface area contributed by atoms with Crippen LogP contribution < -0.4 is 15.1 Å². The van der Waals surface area contributed by atoms with Gasteiger partial charge in [-0.2, -0.15) is 0 Å². The minimum absolute atomic E-state index is 0.127. The number of benzene rings is 2. The maximum absolute atomic E-state index is 13.1. The molecular weight excluding hydrogens is 449 g/mol. The van der Waals surface area contributed by atoms with E-state index in [-0.39, 0.29) is 17.5 Å². The van der Waals surface area contributed by atoms with Crippen LogP contribution in [0.25, 0.3) is 0 Å². The van der Waals surface area contributed by atoms with E-state index in [4.69, 9.17) is 11.6 Å². The zero-order valence-corrected chi connectivity index (χ0v) is 19.2. The molecule has 9 heteroatoms. The number of piperazine rings is 1. The van der Waals surface area contributed by atoms with Crippen molar-refractivity contribution < 1.29 is 9.18 Å². The second-order valence-electron chi connectivity index (χ2n) is 7.48. The number of amides is 1. The summed E-state index contributed by atoms with van der Waals surface area (Å²) >= 11 is 7.43. The van der Waals surface area contributed by atoms with Crippen molar-refractivity contribution in [2.75, 3.05) is 47.0 Å². The summed E-state index contributed by atoms with van der Waals surface area (Å²) in [6.07, 6.45) is 0. The lowest BCUT2D eigenvalue weighted by molar-refractivity contribution is -0.113. The van der Waals surface area contributed by atoms with Crippen molar-refractivity contribution in [1.82, 2.24) is 10.2 Å². The van der Waals surface area contributed by atoms with Crippen molar-refractivity contribution >= 4 is 46.5 Å². The summed E-state index contributed by atoms with van der Waals surface area (Å²) in [5.74, 6) is 0.692. The molecule has 6 nitrogen and oxygen atoms in total. The third kappa shape index (κ3) is 5.69. The first-order valence-corrected chi connectivity index (χ1v) is 11.6. The summed E-state index contributed by atoms with van der Waals surface area (Å²) in [6.45, 7) is 5.18. The minimum atomic E-state index is -0.224. The molecule has 1 amide bonds. The van der Waals surface area contributed by atoms with E-state index in [1.54, 1.807) is 18.2 Å². The number of carbonyl (C=O) groups is 1. The number of aromatic nitrogens is 2. The number of aryl methyl sites for hydroxylation is 1. The third-order valence-electron chi connectivity index (χ3n) is 5.23. The van der Waals surface area contributed by atoms with E-state index in [0.29, 0.717) is 15.7 Å². The number of nitrogens with zero attached hydrogens (tertiary/aromatic N) is 4. The maximum Gasteiger partial charge on any atom is 0.234 e. The quantitative estimate of drug-likeness (QED) is 0.529. The van der Waals surface area contributed by atoms with Gasteiger partial charge in [0.05, 0.1) is 5.75 Å². The Labute approximate surface area is 195 Å². The molecule has 1 aliphatic heterocycles. The normalized spacial score (nSPS) is 13.8. The van der Waals surface area contributed by atoms with Crippen LogP contribution in [0.1, 0.15) is 5.56 Å². The van der Waals surface area contributed by atoms with E-state index in [1.165, 1.54) is 23.9 Å². The molecule has 2 heterocycles. The maximum atomic E-state index is 13.1. The number of carbonyl (C=O) groups excluding carboxylic acids is 1. The lowest BCUT2D eigenvalue weighted by Crippen LogP contribution is -2.46. The lowest BCUT2D eigenvalue weighted by Gasteiger charge is -2.36. The van der Waals surface area contributed by atoms with Gasteiger partial charge in [-0.1, -0.05) is 29.4 Å². The van der Waals surface area contributed by atoms with E-state index in [9.17, 15) is 9.18 Å². The van der Waals surface area contributed by atoms with Crippen LogP contribution in [-0.2, 0) is 4.79 Å². The molecule has 1 aliphatic rings. The van der Waals surface area contributed by atoms with Gasteiger partial charge in [-0.15, -0.1) is 10.2 Å². The summed E-state index contributed by atoms with van der Waals surface area (Å²) in [7, 11) is 0. The highest BCUT2D eigenvalue weighted by molar-refractivity contribution is 7.99. The van der Waals surface area contributed by atoms with Gasteiger partial charge >= 0.3 is 0 Å². The highest BCUT2D eigenvalue weighted by Crippen LogP contribution is 2.23. The van der Waals surface area contributed by atoms with Crippen LogP contribution in [0.4, 0.5) is 21.6 Å². The largest absolute Gasteiger partial charge is 0.368 e. The smallest absolute Gasteiger partial charge is 0.234 e. The molecule has 0 saturated carbocycles. The first-order valence-electron chi connectivity index (χ1n) is 10.3. The monoisotopic (exact) mass is 471 g/mol. The second-order valence-corrected chi connectivity index (χ2v) is 8.88. The summed E-state index contributed by atoms with van der Waals surface area (Å²) in [5.41, 5.74) is 2.66. The number of hydrogen-bond acceptors (Lipinski definition) is 6. The highest BCUT2D eigenvalue weighted by Gasteiger charge is 2.19. The highest BCUT2D eigenvalue weighted by atomic mass is 35.5. The number of thioether (sulfide) groups is 1. The third-order valence-corrected chi connectivity index (χ3v) is 6.56. The number of halogens is 2. The molecule has 4 rings (SSSR count). The predicted octanol–water partition coefficient (Wildman–Crippen LogP) is 4.63. The fourth-order valence-electron chi connectivity index (χ4n) is 3.41. The molecule has 0 radical (unpaired) electrons. The molecule has 1 saturated heterocycles. The SMILES string of the molecule is Cc1ccc(NC(=O)CSc2ccc(N3CCN(c4ccc(F)cc4)CC3)nn2)cc1Cl. The van der Waals surface area contributed by atoms with E-state index in [0.717, 1.165) is 43.2 Å². The summed E-state index contributed by atoms with van der Waals surface area (Å²) in [5, 5.41) is 12.7. The summed E-state index contributed by atoms with van der Waals surface area (Å²) in [6, 6.07) is 15.8. The Morgan fingerprint density at radius 3 is 2.41 bits per heavy atom. The molecule has 0 atom stereocenters. The van der Waals surface area contributed by atoms with Crippen molar-refractivity contribution in [2.24, 2.45) is 0 Å². The van der Waals surface area contributed by atoms with Crippen molar-refractivity contribution in [2.45, 2.75) is 11.9 Å². The molecule has 3 aromatic rings. The Morgan fingerprint density at radius 1 is 1.03 bits per heavy atom. The zero-order valence-electron chi connectivity index (χ0n) is 17.6. The van der Waals surface area contributed by atoms with Crippen molar-refractivity contribution in [3.05, 3.63) is 71.0 Å². The molecule has 2 aromatic carbocycles. The van der Waals surface area contributed by atoms with Crippen molar-refractivity contribution in [1.29, 1.82) is 0 Å². The Hall–Kier alpha value is -2.84. The first-order chi connectivity index (χ1) is 15.5. The predicted molar refractivity (Wildman–Crippen MR) is 128 cm³/mol. The molecule has 0 spiro atoms. The van der Waals surface area contributed by atoms with Gasteiger partial charge in [0.1, 0.15) is 10.8 Å². The molecule has 1 N–H and O–H groups in total. The molecule has 1 fully saturated rings. The van der Waals surface area contributed by atoms with Gasteiger partial charge in [0.25, 0.3) is 0 Å². The number of anilines is 3. The Morgan fingerprint density at radius 2 is 1.75 bits per heavy atom. The molecular formula is C23H23ClFN5OS. The second kappa shape index (κ2) is 10.2. The van der Waals surface area contributed by atoms with E-state index >= 15 is 0 Å². The molecule has 0 bridgehead atoms. The van der Waals surface area contributed by atoms with Gasteiger partial charge in [0, 0.05) is 42.6 Å². The van der Waals surface area contributed by atoms with Gasteiger partial charge in [0.2, 0.25) is 5.91 Å². The summed E-state index contributed by atoms with van der Waals surface area (Å²) in [4.78, 5) is 16.6. The van der Waals surface area contributed by atoms with Crippen LogP contribution in [0.3, 0.4) is 0 Å². The van der Waals surface area contributed by atoms with Gasteiger partial charge in [0.15, 0.2) is 5.82 Å². The zero-order chi connectivity index (χ0) is 22.5. The standard InChI is InChI=1S/C23H23ClFN5OS/c1-16-2-5-18(14-20(16)24)26-22(31)15-32-23-9-8-21(27-28-23)30-12-10-29(11-13-30)19-6-3-17(25)4-7-19/h2-9,14H,10-13,15H2,1H3,(H,26,31). The fourth-order valence-corrected chi connectivity index (χ4v) is 4.21. The average molecular weight is 472 g/mol. The molecule has 166 valence electrons. The van der Waals surface area contributed by atoms with Crippen LogP contribution in [-0.4, -0.2) is 48.0 Å². The van der Waals surface area contributed by atoms with Gasteiger partial charge in [-0.05, 0) is 61.0 Å². The minimum Gasteiger partial charge on any atom is -0.368 e. The van der Waals surface area contributed by atoms with Gasteiger partial charge in [-0.3, -0.25) is 4.79 Å². The van der Waals surface area contributed by atoms with Crippen molar-refractivity contribution in [3.63, 3.8) is 0 Å². The Balaban J connectivity index is 1.25. The number of rotatable bonds is 6. The van der Waals surface area contributed by atoms with Gasteiger partial charge < -0.3 is 15.1 Å². The van der Waals surface area contributed by atoms with Crippen LogP contribution in [0.15, 0.2) is 59.6 Å². The first kappa shape index (κ1) is 22.4. The molecule has 0 aliphatic carbocycles. The van der Waals surface area contributed by atoms with Crippen LogP contribution in [0.5, 0.6) is 0 Å². The molecule has 32 heavy (non-hydrogen) atoms. The van der Waals surface area contributed by atoms with Crippen LogP contribution in [0, 0.1) is 12.7 Å². The fraction of sp³-hybridized carbons (Fsp3) is 0.261.